The summed E-state index contributed by atoms with van der Waals surface area (Å²) in [5, 5.41) is 15.0. The zero-order chi connectivity index (χ0) is 19.6. The van der Waals surface area contributed by atoms with E-state index in [0.29, 0.717) is 13.1 Å². The van der Waals surface area contributed by atoms with E-state index in [-0.39, 0.29) is 6.10 Å². The Kier molecular flexibility index (Phi) is 8.10. The number of aliphatic imine (C=N–C) groups is 1. The summed E-state index contributed by atoms with van der Waals surface area (Å²) in [6.07, 6.45) is 2.25. The molecule has 0 saturated carbocycles. The number of para-hydroxylation sites is 1. The molecule has 7 heteroatoms. The average molecular weight is 373 g/mol. The Labute approximate surface area is 162 Å². The number of guanidine groups is 1. The monoisotopic (exact) mass is 372 g/mol. The smallest absolute Gasteiger partial charge is 0.191 e. The first-order valence-corrected chi connectivity index (χ1v) is 9.60. The summed E-state index contributed by atoms with van der Waals surface area (Å²) >= 11 is 0. The van der Waals surface area contributed by atoms with Gasteiger partial charge in [-0.3, -0.25) is 0 Å². The largest absolute Gasteiger partial charge is 0.489 e. The fourth-order valence-corrected chi connectivity index (χ4v) is 2.48. The Balaban J connectivity index is 1.93. The number of unbranched alkanes of at least 4 members (excludes halogenated alkanes) is 1. The maximum absolute atomic E-state index is 6.03. The van der Waals surface area contributed by atoms with Crippen LogP contribution < -0.4 is 15.4 Å². The Morgan fingerprint density at radius 1 is 1.22 bits per heavy atom. The van der Waals surface area contributed by atoms with Crippen LogP contribution in [0.15, 0.2) is 29.3 Å². The summed E-state index contributed by atoms with van der Waals surface area (Å²) in [6, 6.07) is 8.06. The molecule has 1 heterocycles. The second-order valence-corrected chi connectivity index (χ2v) is 6.74. The van der Waals surface area contributed by atoms with Gasteiger partial charge in [0.25, 0.3) is 0 Å². The lowest BCUT2D eigenvalue weighted by atomic mass is 10.2. The predicted octanol–water partition coefficient (Wildman–Crippen LogP) is 2.73. The number of ether oxygens (including phenoxy) is 1. The van der Waals surface area contributed by atoms with Crippen molar-refractivity contribution in [1.29, 1.82) is 0 Å². The van der Waals surface area contributed by atoms with Crippen LogP contribution in [0, 0.1) is 13.8 Å². The molecule has 2 rings (SSSR count). The van der Waals surface area contributed by atoms with E-state index in [0.717, 1.165) is 48.3 Å². The maximum atomic E-state index is 6.03. The molecule has 0 amide bonds. The normalized spacial score (nSPS) is 12.7. The van der Waals surface area contributed by atoms with Crippen molar-refractivity contribution in [2.24, 2.45) is 12.0 Å². The van der Waals surface area contributed by atoms with Gasteiger partial charge < -0.3 is 19.9 Å². The van der Waals surface area contributed by atoms with Gasteiger partial charge in [0, 0.05) is 13.6 Å². The molecule has 1 aromatic heterocycles. The molecule has 1 atom stereocenters. The van der Waals surface area contributed by atoms with Crippen molar-refractivity contribution in [2.75, 3.05) is 13.1 Å². The first kappa shape index (κ1) is 20.7. The number of aromatic nitrogens is 3. The van der Waals surface area contributed by atoms with Crippen molar-refractivity contribution in [2.45, 2.75) is 53.2 Å². The quantitative estimate of drug-likeness (QED) is 0.402. The number of nitrogens with one attached hydrogen (secondary N) is 2. The van der Waals surface area contributed by atoms with E-state index < -0.39 is 0 Å². The molecule has 27 heavy (non-hydrogen) atoms. The van der Waals surface area contributed by atoms with Gasteiger partial charge in [-0.25, -0.2) is 4.99 Å². The molecule has 1 aromatic carbocycles. The minimum Gasteiger partial charge on any atom is -0.489 e. The van der Waals surface area contributed by atoms with Crippen molar-refractivity contribution >= 4 is 5.96 Å². The number of hydrogen-bond donors (Lipinski definition) is 2. The summed E-state index contributed by atoms with van der Waals surface area (Å²) < 4.78 is 7.99. The van der Waals surface area contributed by atoms with Crippen LogP contribution in [0.1, 0.15) is 43.9 Å². The minimum absolute atomic E-state index is 0.0151. The van der Waals surface area contributed by atoms with Gasteiger partial charge in [-0.1, -0.05) is 31.5 Å². The molecular weight excluding hydrogens is 340 g/mol. The van der Waals surface area contributed by atoms with Crippen LogP contribution in [0.25, 0.3) is 0 Å². The van der Waals surface area contributed by atoms with E-state index in [4.69, 9.17) is 4.74 Å². The highest BCUT2D eigenvalue weighted by Gasteiger charge is 2.09. The van der Waals surface area contributed by atoms with Gasteiger partial charge in [0.05, 0.1) is 6.54 Å². The van der Waals surface area contributed by atoms with E-state index in [1.165, 1.54) is 0 Å². The standard InChI is InChI=1S/C20H32N6O/c1-6-7-12-21-20(23-14-19-25-24-17(4)26(19)5)22-13-16(3)27-18-11-9-8-10-15(18)2/h8-11,16H,6-7,12-14H2,1-5H3,(H2,21,22,23). The van der Waals surface area contributed by atoms with Crippen molar-refractivity contribution in [1.82, 2.24) is 25.4 Å². The van der Waals surface area contributed by atoms with E-state index in [1.54, 1.807) is 0 Å². The van der Waals surface area contributed by atoms with Crippen LogP contribution in [-0.2, 0) is 13.6 Å². The third-order valence-electron chi connectivity index (χ3n) is 4.36. The minimum atomic E-state index is 0.0151. The first-order valence-electron chi connectivity index (χ1n) is 9.60. The Morgan fingerprint density at radius 2 is 2.00 bits per heavy atom. The fourth-order valence-electron chi connectivity index (χ4n) is 2.48. The molecule has 0 fully saturated rings. The number of hydrogen-bond acceptors (Lipinski definition) is 4. The number of benzene rings is 1. The summed E-state index contributed by atoms with van der Waals surface area (Å²) in [6.45, 7) is 10.2. The average Bonchev–Trinajstić information content (AvgIpc) is 2.97. The molecule has 0 aliphatic rings. The topological polar surface area (TPSA) is 76.4 Å². The predicted molar refractivity (Wildman–Crippen MR) is 109 cm³/mol. The third kappa shape index (κ3) is 6.58. The van der Waals surface area contributed by atoms with Crippen molar-refractivity contribution in [3.63, 3.8) is 0 Å². The maximum Gasteiger partial charge on any atom is 0.191 e. The summed E-state index contributed by atoms with van der Waals surface area (Å²) in [5.41, 5.74) is 1.14. The van der Waals surface area contributed by atoms with E-state index >= 15 is 0 Å². The van der Waals surface area contributed by atoms with Gasteiger partial charge in [0.15, 0.2) is 11.8 Å². The molecular formula is C20H32N6O. The van der Waals surface area contributed by atoms with E-state index in [2.05, 4.69) is 52.7 Å². The van der Waals surface area contributed by atoms with Crippen LogP contribution in [-0.4, -0.2) is 39.9 Å². The Morgan fingerprint density at radius 3 is 2.67 bits per heavy atom. The van der Waals surface area contributed by atoms with Crippen LogP contribution in [0.4, 0.5) is 0 Å². The molecule has 0 saturated heterocycles. The second kappa shape index (κ2) is 10.5. The van der Waals surface area contributed by atoms with Crippen molar-refractivity contribution < 1.29 is 4.74 Å². The zero-order valence-electron chi connectivity index (χ0n) is 17.1. The van der Waals surface area contributed by atoms with Gasteiger partial charge >= 0.3 is 0 Å². The van der Waals surface area contributed by atoms with Crippen LogP contribution in [0.2, 0.25) is 0 Å². The second-order valence-electron chi connectivity index (χ2n) is 6.74. The van der Waals surface area contributed by atoms with Gasteiger partial charge in [0.2, 0.25) is 0 Å². The molecule has 0 aliphatic heterocycles. The molecule has 1 unspecified atom stereocenters. The third-order valence-corrected chi connectivity index (χ3v) is 4.36. The number of nitrogens with zero attached hydrogens (tertiary/aromatic N) is 4. The van der Waals surface area contributed by atoms with Crippen LogP contribution >= 0.6 is 0 Å². The zero-order valence-corrected chi connectivity index (χ0v) is 17.1. The molecule has 2 N–H and O–H groups in total. The molecule has 0 bridgehead atoms. The highest BCUT2D eigenvalue weighted by Crippen LogP contribution is 2.17. The Hall–Kier alpha value is -2.57. The molecule has 7 nitrogen and oxygen atoms in total. The SMILES string of the molecule is CCCCNC(=NCc1nnc(C)n1C)NCC(C)Oc1ccccc1C. The molecule has 0 aliphatic carbocycles. The van der Waals surface area contributed by atoms with Gasteiger partial charge in [0.1, 0.15) is 24.2 Å². The van der Waals surface area contributed by atoms with Gasteiger partial charge in [-0.05, 0) is 38.8 Å². The lowest BCUT2D eigenvalue weighted by molar-refractivity contribution is 0.222. The lowest BCUT2D eigenvalue weighted by Gasteiger charge is -2.19. The van der Waals surface area contributed by atoms with Gasteiger partial charge in [-0.15, -0.1) is 10.2 Å². The van der Waals surface area contributed by atoms with Gasteiger partial charge in [-0.2, -0.15) is 0 Å². The summed E-state index contributed by atoms with van der Waals surface area (Å²) in [7, 11) is 1.95. The highest BCUT2D eigenvalue weighted by molar-refractivity contribution is 5.79. The molecule has 148 valence electrons. The van der Waals surface area contributed by atoms with Crippen LogP contribution in [0.5, 0.6) is 5.75 Å². The van der Waals surface area contributed by atoms with Crippen molar-refractivity contribution in [3.8, 4) is 5.75 Å². The number of aryl methyl sites for hydroxylation is 2. The van der Waals surface area contributed by atoms with E-state index in [1.807, 2.05) is 36.7 Å². The van der Waals surface area contributed by atoms with E-state index in [9.17, 15) is 0 Å². The summed E-state index contributed by atoms with van der Waals surface area (Å²) in [5.74, 6) is 3.41. The Bertz CT molecular complexity index is 740. The molecule has 0 spiro atoms. The summed E-state index contributed by atoms with van der Waals surface area (Å²) in [4.78, 5) is 4.65. The van der Waals surface area contributed by atoms with Crippen LogP contribution in [0.3, 0.4) is 0 Å². The fraction of sp³-hybridized carbons (Fsp3) is 0.550. The number of rotatable bonds is 9. The van der Waals surface area contributed by atoms with Crippen molar-refractivity contribution in [3.05, 3.63) is 41.5 Å². The lowest BCUT2D eigenvalue weighted by Crippen LogP contribution is -2.42. The highest BCUT2D eigenvalue weighted by atomic mass is 16.5. The molecule has 0 radical (unpaired) electrons. The molecule has 2 aromatic rings. The first-order chi connectivity index (χ1) is 13.0.